The Balaban J connectivity index is 2.30. The van der Waals surface area contributed by atoms with Crippen LogP contribution < -0.4 is 5.73 Å². The maximum absolute atomic E-state index is 9.65. The van der Waals surface area contributed by atoms with Gasteiger partial charge in [0.1, 0.15) is 10.8 Å². The monoisotopic (exact) mass is 220 g/mol. The van der Waals surface area contributed by atoms with Crippen molar-refractivity contribution in [2.75, 3.05) is 5.75 Å². The normalized spacial score (nSPS) is 20.0. The molecule has 0 fully saturated rings. The number of para-hydroxylation sites is 1. The summed E-state index contributed by atoms with van der Waals surface area (Å²) in [7, 11) is 0. The number of rotatable bonds is 2. The van der Waals surface area contributed by atoms with Gasteiger partial charge in [0.15, 0.2) is 0 Å². The minimum absolute atomic E-state index is 0.0235. The lowest BCUT2D eigenvalue weighted by Gasteiger charge is -2.02. The van der Waals surface area contributed by atoms with Crippen LogP contribution in [0.1, 0.15) is 5.56 Å². The second-order valence-corrected chi connectivity index (χ2v) is 4.36. The fourth-order valence-electron chi connectivity index (χ4n) is 1.37. The lowest BCUT2D eigenvalue weighted by molar-refractivity contribution is 0.474. The highest BCUT2D eigenvalue weighted by Gasteiger charge is 2.21. The predicted octanol–water partition coefficient (Wildman–Crippen LogP) is 1.73. The zero-order valence-corrected chi connectivity index (χ0v) is 9.00. The molecule has 0 saturated heterocycles. The molecule has 0 amide bonds. The van der Waals surface area contributed by atoms with Gasteiger partial charge in [0.25, 0.3) is 0 Å². The standard InChI is InChI=1S/C11H12N2OS/c1-7(12)9-6-15-11(13-9)8-4-2-3-5-10(8)14/h2-5,9,14H,1,6,12H2. The van der Waals surface area contributed by atoms with E-state index in [9.17, 15) is 5.11 Å². The molecule has 1 aliphatic rings. The number of phenolic OH excluding ortho intramolecular Hbond substituents is 1. The molecule has 0 bridgehead atoms. The highest BCUT2D eigenvalue weighted by atomic mass is 32.2. The average molecular weight is 220 g/mol. The molecule has 1 aliphatic heterocycles. The summed E-state index contributed by atoms with van der Waals surface area (Å²) in [5, 5.41) is 10.5. The quantitative estimate of drug-likeness (QED) is 0.798. The van der Waals surface area contributed by atoms with E-state index in [1.165, 1.54) is 0 Å². The Bertz CT molecular complexity index is 428. The van der Waals surface area contributed by atoms with E-state index in [4.69, 9.17) is 5.73 Å². The second-order valence-electron chi connectivity index (χ2n) is 3.35. The molecule has 78 valence electrons. The Labute approximate surface area is 92.7 Å². The van der Waals surface area contributed by atoms with Crippen LogP contribution in [-0.4, -0.2) is 21.9 Å². The summed E-state index contributed by atoms with van der Waals surface area (Å²) in [6.45, 7) is 3.68. The highest BCUT2D eigenvalue weighted by molar-refractivity contribution is 8.14. The third-order valence-electron chi connectivity index (χ3n) is 2.21. The van der Waals surface area contributed by atoms with E-state index in [1.54, 1.807) is 23.9 Å². The number of aliphatic imine (C=N–C) groups is 1. The summed E-state index contributed by atoms with van der Waals surface area (Å²) in [4.78, 5) is 4.41. The Morgan fingerprint density at radius 2 is 2.27 bits per heavy atom. The number of nitrogens with zero attached hydrogens (tertiary/aromatic N) is 1. The van der Waals surface area contributed by atoms with Crippen molar-refractivity contribution in [3.05, 3.63) is 42.1 Å². The van der Waals surface area contributed by atoms with Crippen LogP contribution in [0.15, 0.2) is 41.5 Å². The van der Waals surface area contributed by atoms with E-state index in [2.05, 4.69) is 11.6 Å². The Hall–Kier alpha value is -1.42. The number of phenols is 1. The van der Waals surface area contributed by atoms with Gasteiger partial charge in [-0.2, -0.15) is 0 Å². The highest BCUT2D eigenvalue weighted by Crippen LogP contribution is 2.29. The average Bonchev–Trinajstić information content (AvgIpc) is 2.67. The van der Waals surface area contributed by atoms with Crippen LogP contribution in [0.2, 0.25) is 0 Å². The molecule has 1 aromatic rings. The summed E-state index contributed by atoms with van der Waals surface area (Å²) >= 11 is 1.60. The molecule has 1 unspecified atom stereocenters. The van der Waals surface area contributed by atoms with Crippen LogP contribution >= 0.6 is 11.8 Å². The van der Waals surface area contributed by atoms with Crippen molar-refractivity contribution >= 4 is 16.8 Å². The van der Waals surface area contributed by atoms with Crippen molar-refractivity contribution < 1.29 is 5.11 Å². The maximum atomic E-state index is 9.65. The van der Waals surface area contributed by atoms with Crippen molar-refractivity contribution in [3.8, 4) is 5.75 Å². The molecule has 1 atom stereocenters. The van der Waals surface area contributed by atoms with E-state index in [1.807, 2.05) is 12.1 Å². The van der Waals surface area contributed by atoms with E-state index in [0.29, 0.717) is 5.70 Å². The third kappa shape index (κ3) is 1.99. The molecular weight excluding hydrogens is 208 g/mol. The Morgan fingerprint density at radius 1 is 1.53 bits per heavy atom. The smallest absolute Gasteiger partial charge is 0.125 e. The molecule has 2 rings (SSSR count). The molecule has 0 aromatic heterocycles. The molecule has 0 saturated carbocycles. The van der Waals surface area contributed by atoms with Gasteiger partial charge >= 0.3 is 0 Å². The van der Waals surface area contributed by atoms with Gasteiger partial charge < -0.3 is 10.8 Å². The molecule has 4 heteroatoms. The molecule has 1 heterocycles. The molecular formula is C11H12N2OS. The number of thioether (sulfide) groups is 1. The summed E-state index contributed by atoms with van der Waals surface area (Å²) in [6, 6.07) is 7.15. The fraction of sp³-hybridized carbons (Fsp3) is 0.182. The van der Waals surface area contributed by atoms with E-state index >= 15 is 0 Å². The molecule has 0 aliphatic carbocycles. The van der Waals surface area contributed by atoms with E-state index in [-0.39, 0.29) is 11.8 Å². The van der Waals surface area contributed by atoms with Gasteiger partial charge in [-0.25, -0.2) is 0 Å². The maximum Gasteiger partial charge on any atom is 0.125 e. The van der Waals surface area contributed by atoms with Crippen LogP contribution in [0.5, 0.6) is 5.75 Å². The van der Waals surface area contributed by atoms with Crippen molar-refractivity contribution in [2.45, 2.75) is 6.04 Å². The topological polar surface area (TPSA) is 58.6 Å². The number of hydrogen-bond donors (Lipinski definition) is 2. The lowest BCUT2D eigenvalue weighted by atomic mass is 10.2. The number of aromatic hydroxyl groups is 1. The molecule has 0 spiro atoms. The summed E-state index contributed by atoms with van der Waals surface area (Å²) in [5.74, 6) is 1.06. The van der Waals surface area contributed by atoms with Crippen LogP contribution in [-0.2, 0) is 0 Å². The van der Waals surface area contributed by atoms with Crippen molar-refractivity contribution in [2.24, 2.45) is 10.7 Å². The minimum atomic E-state index is -0.0235. The minimum Gasteiger partial charge on any atom is -0.507 e. The summed E-state index contributed by atoms with van der Waals surface area (Å²) < 4.78 is 0. The number of hydrogen-bond acceptors (Lipinski definition) is 4. The van der Waals surface area contributed by atoms with Crippen LogP contribution in [0, 0.1) is 0 Å². The zero-order valence-electron chi connectivity index (χ0n) is 8.18. The van der Waals surface area contributed by atoms with Crippen LogP contribution in [0.4, 0.5) is 0 Å². The van der Waals surface area contributed by atoms with Crippen molar-refractivity contribution in [1.29, 1.82) is 0 Å². The molecule has 3 nitrogen and oxygen atoms in total. The van der Waals surface area contributed by atoms with E-state index in [0.717, 1.165) is 16.4 Å². The van der Waals surface area contributed by atoms with Gasteiger partial charge in [-0.1, -0.05) is 18.7 Å². The Kier molecular flexibility index (Phi) is 2.68. The van der Waals surface area contributed by atoms with Crippen molar-refractivity contribution in [3.63, 3.8) is 0 Å². The predicted molar refractivity (Wildman–Crippen MR) is 64.2 cm³/mol. The van der Waals surface area contributed by atoms with Gasteiger partial charge in [0.2, 0.25) is 0 Å². The lowest BCUT2D eigenvalue weighted by Crippen LogP contribution is -2.13. The van der Waals surface area contributed by atoms with Gasteiger partial charge in [-0.15, -0.1) is 11.8 Å². The first-order valence-corrected chi connectivity index (χ1v) is 5.60. The first-order chi connectivity index (χ1) is 7.18. The summed E-state index contributed by atoms with van der Waals surface area (Å²) in [6.07, 6.45) is 0. The van der Waals surface area contributed by atoms with Gasteiger partial charge in [0.05, 0.1) is 6.04 Å². The number of nitrogens with two attached hydrogens (primary N) is 1. The summed E-state index contributed by atoms with van der Waals surface area (Å²) in [5.41, 5.74) is 6.95. The fourth-order valence-corrected chi connectivity index (χ4v) is 2.50. The van der Waals surface area contributed by atoms with Gasteiger partial charge in [-0.05, 0) is 12.1 Å². The SMILES string of the molecule is C=C(N)C1CSC(c2ccccc2O)=N1. The first kappa shape index (κ1) is 10.1. The van der Waals surface area contributed by atoms with Gasteiger partial charge in [-0.3, -0.25) is 4.99 Å². The third-order valence-corrected chi connectivity index (χ3v) is 3.29. The molecule has 15 heavy (non-hydrogen) atoms. The first-order valence-electron chi connectivity index (χ1n) is 4.61. The molecule has 0 radical (unpaired) electrons. The number of benzene rings is 1. The largest absolute Gasteiger partial charge is 0.507 e. The Morgan fingerprint density at radius 3 is 2.87 bits per heavy atom. The second kappa shape index (κ2) is 3.98. The van der Waals surface area contributed by atoms with Crippen molar-refractivity contribution in [1.82, 2.24) is 0 Å². The van der Waals surface area contributed by atoms with Crippen LogP contribution in [0.3, 0.4) is 0 Å². The van der Waals surface area contributed by atoms with Crippen LogP contribution in [0.25, 0.3) is 0 Å². The zero-order chi connectivity index (χ0) is 10.8. The van der Waals surface area contributed by atoms with E-state index < -0.39 is 0 Å². The molecule has 1 aromatic carbocycles. The van der Waals surface area contributed by atoms with Gasteiger partial charge in [0, 0.05) is 17.0 Å². The molecule has 3 N–H and O–H groups in total.